The summed E-state index contributed by atoms with van der Waals surface area (Å²) in [5.74, 6) is 0. The summed E-state index contributed by atoms with van der Waals surface area (Å²) in [6.07, 6.45) is 0. The van der Waals surface area contributed by atoms with Crippen LogP contribution in [-0.2, 0) is 21.7 Å². The standard InChI is InChI=1S/C62H58B2N6Se/c1-59(2,3)33-23-27-42-39(30-33)65-41-32-35(61(7,8)9)29-38-53(41)67(42)46-19-15-22-49-51(46)64(38)58-56-55-57(71-58)63-37-26-25-36(62(10,11)12)52-54(37)68(43-28-24-34(60(4,5)6)31-40(43)66-52)47-20-16-21-48(50(47)63)69(55)44-17-13-14-18-45(44)70(49)56/h13-32,65-66H,1-12H3. The summed E-state index contributed by atoms with van der Waals surface area (Å²) in [6, 6.07) is 47.8. The van der Waals surface area contributed by atoms with Gasteiger partial charge in [-0.1, -0.05) is 0 Å². The van der Waals surface area contributed by atoms with E-state index in [1.165, 1.54) is 135 Å². The van der Waals surface area contributed by atoms with Crippen molar-refractivity contribution in [1.29, 1.82) is 0 Å². The molecule has 8 aromatic rings. The summed E-state index contributed by atoms with van der Waals surface area (Å²) in [5, 5.41) is 8.22. The molecule has 7 aromatic carbocycles. The average molecular weight is 988 g/mol. The van der Waals surface area contributed by atoms with Crippen LogP contribution in [0.2, 0.25) is 0 Å². The van der Waals surface area contributed by atoms with Crippen molar-refractivity contribution >= 4 is 149 Å². The minimum atomic E-state index is -0.0790. The Labute approximate surface area is 425 Å². The number of anilines is 16. The predicted molar refractivity (Wildman–Crippen MR) is 306 cm³/mol. The van der Waals surface area contributed by atoms with Gasteiger partial charge in [-0.25, -0.2) is 0 Å². The van der Waals surface area contributed by atoms with Crippen LogP contribution in [0, 0.1) is 0 Å². The van der Waals surface area contributed by atoms with Crippen molar-refractivity contribution in [3.8, 4) is 0 Å². The minimum absolute atomic E-state index is 0.0120. The number of benzene rings is 7. The van der Waals surface area contributed by atoms with Gasteiger partial charge < -0.3 is 0 Å². The monoisotopic (exact) mass is 988 g/mol. The van der Waals surface area contributed by atoms with Gasteiger partial charge in [0.05, 0.1) is 0 Å². The third-order valence-electron chi connectivity index (χ3n) is 16.7. The molecule has 0 radical (unpaired) electrons. The van der Waals surface area contributed by atoms with Crippen LogP contribution in [-0.4, -0.2) is 27.9 Å². The van der Waals surface area contributed by atoms with Gasteiger partial charge in [-0.05, 0) is 0 Å². The van der Waals surface area contributed by atoms with E-state index in [9.17, 15) is 0 Å². The zero-order valence-electron chi connectivity index (χ0n) is 42.9. The molecule has 0 saturated heterocycles. The van der Waals surface area contributed by atoms with Crippen molar-refractivity contribution in [3.63, 3.8) is 0 Å². The molecular formula is C62H58B2N6Se. The molecule has 0 spiro atoms. The van der Waals surface area contributed by atoms with E-state index < -0.39 is 0 Å². The first-order valence-corrected chi connectivity index (χ1v) is 27.4. The summed E-state index contributed by atoms with van der Waals surface area (Å²) in [5.41, 5.74) is 31.2. The van der Waals surface area contributed by atoms with Crippen molar-refractivity contribution < 1.29 is 0 Å². The molecule has 0 saturated carbocycles. The molecule has 0 amide bonds. The number of para-hydroxylation sites is 2. The van der Waals surface area contributed by atoms with Crippen LogP contribution >= 0.6 is 0 Å². The van der Waals surface area contributed by atoms with E-state index in [0.717, 1.165) is 0 Å². The molecule has 9 heteroatoms. The van der Waals surface area contributed by atoms with E-state index in [-0.39, 0.29) is 49.6 Å². The Morgan fingerprint density at radius 3 is 1.32 bits per heavy atom. The number of rotatable bonds is 0. The van der Waals surface area contributed by atoms with Gasteiger partial charge in [0.15, 0.2) is 0 Å². The fourth-order valence-electron chi connectivity index (χ4n) is 13.3. The van der Waals surface area contributed by atoms with E-state index in [0.29, 0.717) is 0 Å². The molecule has 0 fully saturated rings. The van der Waals surface area contributed by atoms with Crippen LogP contribution in [0.5, 0.6) is 0 Å². The average Bonchev–Trinajstić information content (AvgIpc) is 3.71. The summed E-state index contributed by atoms with van der Waals surface area (Å²) in [6.45, 7) is 28.3. The van der Waals surface area contributed by atoms with Crippen LogP contribution in [0.4, 0.5) is 91.0 Å². The Balaban J connectivity index is 1.03. The predicted octanol–water partition coefficient (Wildman–Crippen LogP) is 12.5. The molecule has 8 heterocycles. The first kappa shape index (κ1) is 42.2. The molecule has 348 valence electrons. The Morgan fingerprint density at radius 1 is 0.366 bits per heavy atom. The second kappa shape index (κ2) is 13.3. The fraction of sp³-hybridized carbons (Fsp3) is 0.258. The Kier molecular flexibility index (Phi) is 7.90. The molecule has 71 heavy (non-hydrogen) atoms. The van der Waals surface area contributed by atoms with Gasteiger partial charge in [-0.15, -0.1) is 0 Å². The summed E-state index contributed by atoms with van der Waals surface area (Å²) in [7, 11) is 0. The molecule has 0 unspecified atom stereocenters. The maximum absolute atomic E-state index is 4.14. The van der Waals surface area contributed by atoms with Crippen LogP contribution in [0.1, 0.15) is 105 Å². The molecule has 6 nitrogen and oxygen atoms in total. The maximum atomic E-state index is 4.14. The van der Waals surface area contributed by atoms with E-state index in [1.54, 1.807) is 8.67 Å². The van der Waals surface area contributed by atoms with Crippen LogP contribution in [0.15, 0.2) is 121 Å². The van der Waals surface area contributed by atoms with Gasteiger partial charge in [0, 0.05) is 0 Å². The second-order valence-electron chi connectivity index (χ2n) is 25.2. The molecule has 7 aliphatic heterocycles. The third kappa shape index (κ3) is 5.36. The van der Waals surface area contributed by atoms with Gasteiger partial charge in [-0.2, -0.15) is 0 Å². The fourth-order valence-corrected chi connectivity index (χ4v) is 16.5. The van der Waals surface area contributed by atoms with Crippen LogP contribution < -0.4 is 60.8 Å². The van der Waals surface area contributed by atoms with Crippen molar-refractivity contribution in [2.45, 2.75) is 105 Å². The molecule has 2 N–H and O–H groups in total. The third-order valence-corrected chi connectivity index (χ3v) is 19.5. The van der Waals surface area contributed by atoms with Crippen LogP contribution in [0.25, 0.3) is 0 Å². The number of nitrogens with one attached hydrogen (secondary N) is 2. The molecule has 0 aliphatic carbocycles. The second-order valence-corrected chi connectivity index (χ2v) is 27.5. The molecule has 7 aliphatic rings. The van der Waals surface area contributed by atoms with E-state index in [4.69, 9.17) is 0 Å². The molecule has 0 atom stereocenters. The number of hydrogen-bond acceptors (Lipinski definition) is 6. The first-order valence-electron chi connectivity index (χ1n) is 25.7. The summed E-state index contributed by atoms with van der Waals surface area (Å²) in [4.78, 5) is 10.6. The van der Waals surface area contributed by atoms with Gasteiger partial charge in [0.25, 0.3) is 0 Å². The van der Waals surface area contributed by atoms with Crippen LogP contribution in [0.3, 0.4) is 0 Å². The first-order chi connectivity index (χ1) is 33.8. The Morgan fingerprint density at radius 2 is 0.817 bits per heavy atom. The molecule has 1 aromatic heterocycles. The van der Waals surface area contributed by atoms with Crippen molar-refractivity contribution in [2.24, 2.45) is 0 Å². The molecule has 15 rings (SSSR count). The molecular weight excluding hydrogens is 929 g/mol. The summed E-state index contributed by atoms with van der Waals surface area (Å²) < 4.78 is 3.14. The zero-order valence-corrected chi connectivity index (χ0v) is 44.6. The Hall–Kier alpha value is -6.53. The zero-order chi connectivity index (χ0) is 48.7. The van der Waals surface area contributed by atoms with E-state index in [1.807, 2.05) is 0 Å². The van der Waals surface area contributed by atoms with E-state index >= 15 is 0 Å². The normalized spacial score (nSPS) is 15.7. The number of hydrogen-bond donors (Lipinski definition) is 2. The molecule has 0 bridgehead atoms. The van der Waals surface area contributed by atoms with E-state index in [2.05, 4.69) is 235 Å². The van der Waals surface area contributed by atoms with Gasteiger partial charge >= 0.3 is 428 Å². The summed E-state index contributed by atoms with van der Waals surface area (Å²) >= 11 is -0.0120. The van der Waals surface area contributed by atoms with Crippen molar-refractivity contribution in [3.05, 3.63) is 144 Å². The quantitative estimate of drug-likeness (QED) is 0.148. The van der Waals surface area contributed by atoms with Crippen molar-refractivity contribution in [2.75, 3.05) is 30.2 Å². The van der Waals surface area contributed by atoms with Gasteiger partial charge in [-0.3, -0.25) is 0 Å². The SMILES string of the molecule is CC(C)(C)c1ccc2c(c1)Nc1cc(C(C)(C)C)cc3c1N2c1cccc2c1B3c1[se]c3c4c1N2c1ccccc1N4c1cccc2c1B3c1ccc(C(C)(C)C)c3c1N2c1ccc(C(C)(C)C)cc1N3. The van der Waals surface area contributed by atoms with Crippen molar-refractivity contribution in [1.82, 2.24) is 0 Å². The van der Waals surface area contributed by atoms with Gasteiger partial charge in [0.1, 0.15) is 0 Å². The topological polar surface area (TPSA) is 37.0 Å². The number of fused-ring (bicyclic) bond motifs is 15. The van der Waals surface area contributed by atoms with Gasteiger partial charge in [0.2, 0.25) is 0 Å². The number of nitrogens with zero attached hydrogens (tertiary/aromatic N) is 4. The Bertz CT molecular complexity index is 3760.